The van der Waals surface area contributed by atoms with Gasteiger partial charge in [-0.25, -0.2) is 4.79 Å². The average molecular weight is 271 g/mol. The Kier molecular flexibility index (Phi) is 3.05. The smallest absolute Gasteiger partial charge is 0.330 e. The minimum Gasteiger partial charge on any atom is -0.330 e. The Morgan fingerprint density at radius 1 is 1.25 bits per heavy atom. The van der Waals surface area contributed by atoms with E-state index in [4.69, 9.17) is 5.73 Å². The van der Waals surface area contributed by atoms with E-state index < -0.39 is 0 Å². The first-order valence-corrected chi connectivity index (χ1v) is 7.13. The highest BCUT2D eigenvalue weighted by Gasteiger charge is 2.37. The highest BCUT2D eigenvalue weighted by molar-refractivity contribution is 5.40. The first-order valence-electron chi connectivity index (χ1n) is 7.13. The van der Waals surface area contributed by atoms with Gasteiger partial charge in [-0.1, -0.05) is 18.6 Å². The number of hydrogen-bond acceptors (Lipinski definition) is 2. The molecule has 1 aromatic carbocycles. The highest BCUT2D eigenvalue weighted by Crippen LogP contribution is 2.42. The third-order valence-electron chi connectivity index (χ3n) is 4.67. The summed E-state index contributed by atoms with van der Waals surface area (Å²) in [5.41, 5.74) is 9.28. The second-order valence-electron chi connectivity index (χ2n) is 5.88. The van der Waals surface area contributed by atoms with Crippen LogP contribution in [0, 0.1) is 6.92 Å². The maximum absolute atomic E-state index is 12.1. The number of rotatable bonds is 3. The van der Waals surface area contributed by atoms with Gasteiger partial charge in [0.15, 0.2) is 0 Å². The first kappa shape index (κ1) is 13.2. The Morgan fingerprint density at radius 2 is 1.90 bits per heavy atom. The van der Waals surface area contributed by atoms with Crippen LogP contribution in [0.15, 0.2) is 35.3 Å². The quantitative estimate of drug-likeness (QED) is 0.926. The maximum Gasteiger partial charge on any atom is 0.332 e. The van der Waals surface area contributed by atoms with Gasteiger partial charge in [0.25, 0.3) is 0 Å². The minimum absolute atomic E-state index is 0.00701. The zero-order valence-corrected chi connectivity index (χ0v) is 12.1. The van der Waals surface area contributed by atoms with Crippen LogP contribution in [-0.4, -0.2) is 15.7 Å². The molecule has 1 fully saturated rings. The van der Waals surface area contributed by atoms with E-state index >= 15 is 0 Å². The van der Waals surface area contributed by atoms with Crippen LogP contribution < -0.4 is 11.4 Å². The molecule has 4 heteroatoms. The lowest BCUT2D eigenvalue weighted by Gasteiger charge is -2.41. The molecule has 1 aliphatic carbocycles. The van der Waals surface area contributed by atoms with E-state index in [0.717, 1.165) is 11.4 Å². The Bertz CT molecular complexity index is 669. The molecule has 2 aromatic rings. The molecule has 106 valence electrons. The minimum atomic E-state index is -0.00701. The molecule has 20 heavy (non-hydrogen) atoms. The molecule has 0 bridgehead atoms. The zero-order chi connectivity index (χ0) is 14.3. The van der Waals surface area contributed by atoms with Crippen LogP contribution in [0.5, 0.6) is 0 Å². The number of aryl methyl sites for hydroxylation is 2. The molecule has 0 saturated heterocycles. The van der Waals surface area contributed by atoms with Crippen molar-refractivity contribution >= 4 is 0 Å². The van der Waals surface area contributed by atoms with Gasteiger partial charge in [0.05, 0.1) is 5.69 Å². The monoisotopic (exact) mass is 271 g/mol. The normalized spacial score (nSPS) is 16.9. The Balaban J connectivity index is 2.00. The second-order valence-corrected chi connectivity index (χ2v) is 5.88. The molecule has 0 radical (unpaired) electrons. The summed E-state index contributed by atoms with van der Waals surface area (Å²) in [6.07, 6.45) is 5.46. The maximum atomic E-state index is 12.1. The van der Waals surface area contributed by atoms with Gasteiger partial charge in [0, 0.05) is 30.9 Å². The lowest BCUT2D eigenvalue weighted by molar-refractivity contribution is 0.253. The van der Waals surface area contributed by atoms with Crippen molar-refractivity contribution in [3.05, 3.63) is 52.2 Å². The summed E-state index contributed by atoms with van der Waals surface area (Å²) in [5, 5.41) is 0. The number of aromatic nitrogens is 2. The summed E-state index contributed by atoms with van der Waals surface area (Å²) in [4.78, 5) is 12.1. The molecule has 2 N–H and O–H groups in total. The molecule has 0 unspecified atom stereocenters. The summed E-state index contributed by atoms with van der Waals surface area (Å²) >= 11 is 0. The SMILES string of the molecule is Cc1cn(C)c(=O)n1-c1ccc(C2(CN)CCC2)cc1. The van der Waals surface area contributed by atoms with Crippen molar-refractivity contribution < 1.29 is 0 Å². The van der Waals surface area contributed by atoms with Crippen molar-refractivity contribution in [1.29, 1.82) is 0 Å². The molecule has 0 spiro atoms. The lowest BCUT2D eigenvalue weighted by Crippen LogP contribution is -2.41. The number of nitrogens with two attached hydrogens (primary N) is 1. The van der Waals surface area contributed by atoms with Gasteiger partial charge in [-0.05, 0) is 37.5 Å². The van der Waals surface area contributed by atoms with Gasteiger partial charge in [0.2, 0.25) is 0 Å². The van der Waals surface area contributed by atoms with Gasteiger partial charge < -0.3 is 10.3 Å². The second kappa shape index (κ2) is 4.63. The Labute approximate surface area is 118 Å². The molecular weight excluding hydrogens is 250 g/mol. The van der Waals surface area contributed by atoms with E-state index in [1.807, 2.05) is 25.3 Å². The fraction of sp³-hybridized carbons (Fsp3) is 0.438. The lowest BCUT2D eigenvalue weighted by atomic mass is 9.64. The van der Waals surface area contributed by atoms with Crippen LogP contribution in [-0.2, 0) is 12.5 Å². The largest absolute Gasteiger partial charge is 0.332 e. The van der Waals surface area contributed by atoms with Crippen molar-refractivity contribution in [2.45, 2.75) is 31.6 Å². The predicted molar refractivity (Wildman–Crippen MR) is 80.3 cm³/mol. The van der Waals surface area contributed by atoms with Crippen LogP contribution in [0.4, 0.5) is 0 Å². The standard InChI is InChI=1S/C16H21N3O/c1-12-10-18(2)15(20)19(12)14-6-4-13(5-7-14)16(11-17)8-3-9-16/h4-7,10H,3,8-9,11,17H2,1-2H3. The van der Waals surface area contributed by atoms with Gasteiger partial charge in [-0.15, -0.1) is 0 Å². The van der Waals surface area contributed by atoms with E-state index in [9.17, 15) is 4.79 Å². The topological polar surface area (TPSA) is 53.0 Å². The average Bonchev–Trinajstić information content (AvgIpc) is 2.64. The van der Waals surface area contributed by atoms with Gasteiger partial charge in [-0.3, -0.25) is 4.57 Å². The van der Waals surface area contributed by atoms with Crippen molar-refractivity contribution in [2.24, 2.45) is 12.8 Å². The summed E-state index contributed by atoms with van der Waals surface area (Å²) in [6.45, 7) is 2.65. The van der Waals surface area contributed by atoms with E-state index in [0.29, 0.717) is 6.54 Å². The summed E-state index contributed by atoms with van der Waals surface area (Å²) < 4.78 is 3.34. The summed E-state index contributed by atoms with van der Waals surface area (Å²) in [6, 6.07) is 8.30. The predicted octanol–water partition coefficient (Wildman–Crippen LogP) is 1.86. The summed E-state index contributed by atoms with van der Waals surface area (Å²) in [7, 11) is 1.78. The molecular formula is C16H21N3O. The third kappa shape index (κ3) is 1.83. The highest BCUT2D eigenvalue weighted by atomic mass is 16.1. The van der Waals surface area contributed by atoms with Crippen molar-refractivity contribution in [3.8, 4) is 5.69 Å². The number of imidazole rings is 1. The van der Waals surface area contributed by atoms with Gasteiger partial charge >= 0.3 is 5.69 Å². The van der Waals surface area contributed by atoms with Crippen LogP contribution in [0.3, 0.4) is 0 Å². The van der Waals surface area contributed by atoms with Crippen molar-refractivity contribution in [3.63, 3.8) is 0 Å². The first-order chi connectivity index (χ1) is 9.57. The molecule has 3 rings (SSSR count). The molecule has 4 nitrogen and oxygen atoms in total. The Morgan fingerprint density at radius 3 is 2.30 bits per heavy atom. The number of nitrogens with zero attached hydrogens (tertiary/aromatic N) is 2. The van der Waals surface area contributed by atoms with E-state index in [1.54, 1.807) is 16.2 Å². The summed E-state index contributed by atoms with van der Waals surface area (Å²) in [5.74, 6) is 0. The van der Waals surface area contributed by atoms with Crippen LogP contribution in [0.25, 0.3) is 5.69 Å². The van der Waals surface area contributed by atoms with Crippen molar-refractivity contribution in [1.82, 2.24) is 9.13 Å². The fourth-order valence-corrected chi connectivity index (χ4v) is 3.19. The van der Waals surface area contributed by atoms with E-state index in [1.165, 1.54) is 24.8 Å². The molecule has 0 amide bonds. The number of benzene rings is 1. The van der Waals surface area contributed by atoms with Crippen LogP contribution in [0.2, 0.25) is 0 Å². The molecule has 0 atom stereocenters. The number of hydrogen-bond donors (Lipinski definition) is 1. The van der Waals surface area contributed by atoms with E-state index in [-0.39, 0.29) is 11.1 Å². The fourth-order valence-electron chi connectivity index (χ4n) is 3.19. The molecule has 0 aliphatic heterocycles. The zero-order valence-electron chi connectivity index (χ0n) is 12.1. The molecule has 1 heterocycles. The van der Waals surface area contributed by atoms with Gasteiger partial charge in [-0.2, -0.15) is 0 Å². The third-order valence-corrected chi connectivity index (χ3v) is 4.67. The Hall–Kier alpha value is -1.81. The molecule has 1 aromatic heterocycles. The van der Waals surface area contributed by atoms with E-state index in [2.05, 4.69) is 12.1 Å². The molecule has 1 saturated carbocycles. The van der Waals surface area contributed by atoms with Crippen molar-refractivity contribution in [2.75, 3.05) is 6.54 Å². The van der Waals surface area contributed by atoms with Crippen LogP contribution in [0.1, 0.15) is 30.5 Å². The molecule has 1 aliphatic rings. The van der Waals surface area contributed by atoms with Gasteiger partial charge in [0.1, 0.15) is 0 Å². The van der Waals surface area contributed by atoms with Crippen LogP contribution >= 0.6 is 0 Å².